The molecule has 3 aromatic rings. The second-order valence-corrected chi connectivity index (χ2v) is 8.80. The first kappa shape index (κ1) is 16.7. The molecule has 0 saturated carbocycles. The lowest BCUT2D eigenvalue weighted by atomic mass is 9.78. The summed E-state index contributed by atoms with van der Waals surface area (Å²) in [5.74, 6) is 1.38. The van der Waals surface area contributed by atoms with E-state index < -0.39 is 0 Å². The maximum atomic E-state index is 2.43. The minimum atomic E-state index is -0.0401. The van der Waals surface area contributed by atoms with Gasteiger partial charge < -0.3 is 4.90 Å². The van der Waals surface area contributed by atoms with E-state index in [-0.39, 0.29) is 4.75 Å². The maximum Gasteiger partial charge on any atom is 0.0775 e. The third-order valence-electron chi connectivity index (χ3n) is 5.89. The molecule has 1 heterocycles. The lowest BCUT2D eigenvalue weighted by Crippen LogP contribution is -2.31. The quantitative estimate of drug-likeness (QED) is 0.505. The Morgan fingerprint density at radius 1 is 0.815 bits per heavy atom. The van der Waals surface area contributed by atoms with Crippen LogP contribution in [0.4, 0.5) is 5.69 Å². The highest BCUT2D eigenvalue weighted by atomic mass is 32.2. The van der Waals surface area contributed by atoms with Gasteiger partial charge in [0.2, 0.25) is 0 Å². The number of rotatable bonds is 2. The van der Waals surface area contributed by atoms with Crippen LogP contribution in [0.2, 0.25) is 0 Å². The first-order valence-corrected chi connectivity index (χ1v) is 10.5. The second-order valence-electron chi connectivity index (χ2n) is 7.53. The summed E-state index contributed by atoms with van der Waals surface area (Å²) < 4.78 is -0.0401. The van der Waals surface area contributed by atoms with Crippen LogP contribution in [0, 0.1) is 0 Å². The van der Waals surface area contributed by atoms with Crippen LogP contribution in [0.1, 0.15) is 22.6 Å². The fourth-order valence-electron chi connectivity index (χ4n) is 4.64. The zero-order chi connectivity index (χ0) is 18.4. The standard InChI is InChI=1S/C25H23NS/c1-26(2)19-15-13-18(14-16-19)22-12-7-17-27-25(22)23-10-5-3-8-20(23)21-9-4-6-11-24(21)25/h3-16,22H,17H2,1-2H3. The minimum Gasteiger partial charge on any atom is -0.378 e. The van der Waals surface area contributed by atoms with Crippen LogP contribution in [0.25, 0.3) is 11.1 Å². The van der Waals surface area contributed by atoms with Crippen LogP contribution in [0.3, 0.4) is 0 Å². The van der Waals surface area contributed by atoms with Gasteiger partial charge in [-0.2, -0.15) is 0 Å². The molecule has 0 bridgehead atoms. The molecule has 1 unspecified atom stereocenters. The Morgan fingerprint density at radius 2 is 1.41 bits per heavy atom. The van der Waals surface area contributed by atoms with Gasteiger partial charge in [-0.15, -0.1) is 11.8 Å². The van der Waals surface area contributed by atoms with E-state index in [2.05, 4.69) is 116 Å². The summed E-state index contributed by atoms with van der Waals surface area (Å²) in [6, 6.07) is 27.1. The van der Waals surface area contributed by atoms with Gasteiger partial charge in [-0.05, 0) is 39.9 Å². The van der Waals surface area contributed by atoms with Crippen LogP contribution >= 0.6 is 11.8 Å². The molecule has 2 aliphatic rings. The molecule has 2 heteroatoms. The molecule has 1 spiro atoms. The molecule has 0 saturated heterocycles. The summed E-state index contributed by atoms with van der Waals surface area (Å²) in [7, 11) is 4.19. The van der Waals surface area contributed by atoms with E-state index in [0.717, 1.165) is 5.75 Å². The van der Waals surface area contributed by atoms with Gasteiger partial charge in [0, 0.05) is 31.5 Å². The average molecular weight is 370 g/mol. The van der Waals surface area contributed by atoms with Gasteiger partial charge in [0.25, 0.3) is 0 Å². The number of nitrogens with zero attached hydrogens (tertiary/aromatic N) is 1. The summed E-state index contributed by atoms with van der Waals surface area (Å²) in [6.07, 6.45) is 4.77. The number of thioether (sulfide) groups is 1. The molecule has 134 valence electrons. The lowest BCUT2D eigenvalue weighted by molar-refractivity contribution is 0.664. The summed E-state index contributed by atoms with van der Waals surface area (Å²) in [5, 5.41) is 0. The number of anilines is 1. The predicted octanol–water partition coefficient (Wildman–Crippen LogP) is 6.06. The fourth-order valence-corrected chi connectivity index (χ4v) is 6.17. The average Bonchev–Trinajstić information content (AvgIpc) is 3.00. The summed E-state index contributed by atoms with van der Waals surface area (Å²) in [4.78, 5) is 2.16. The van der Waals surface area contributed by atoms with E-state index >= 15 is 0 Å². The maximum absolute atomic E-state index is 2.43. The highest BCUT2D eigenvalue weighted by Crippen LogP contribution is 2.62. The Bertz CT molecular complexity index is 971. The topological polar surface area (TPSA) is 3.24 Å². The molecular weight excluding hydrogens is 346 g/mol. The lowest BCUT2D eigenvalue weighted by Gasteiger charge is -2.40. The molecule has 3 aromatic carbocycles. The molecule has 1 atom stereocenters. The molecule has 0 radical (unpaired) electrons. The van der Waals surface area contributed by atoms with E-state index in [9.17, 15) is 0 Å². The predicted molar refractivity (Wildman–Crippen MR) is 118 cm³/mol. The van der Waals surface area contributed by atoms with Crippen molar-refractivity contribution in [3.05, 3.63) is 102 Å². The zero-order valence-electron chi connectivity index (χ0n) is 15.7. The van der Waals surface area contributed by atoms with Crippen molar-refractivity contribution in [2.45, 2.75) is 10.7 Å². The van der Waals surface area contributed by atoms with E-state index in [1.54, 1.807) is 0 Å². The van der Waals surface area contributed by atoms with Crippen LogP contribution in [0.15, 0.2) is 84.9 Å². The third-order valence-corrected chi connectivity index (χ3v) is 7.40. The van der Waals surface area contributed by atoms with Crippen LogP contribution in [-0.2, 0) is 4.75 Å². The van der Waals surface area contributed by atoms with Gasteiger partial charge in [0.05, 0.1) is 4.75 Å². The Kier molecular flexibility index (Phi) is 3.91. The van der Waals surface area contributed by atoms with Crippen molar-refractivity contribution >= 4 is 17.4 Å². The van der Waals surface area contributed by atoms with Crippen molar-refractivity contribution in [3.8, 4) is 11.1 Å². The highest BCUT2D eigenvalue weighted by Gasteiger charge is 2.49. The van der Waals surface area contributed by atoms with Crippen molar-refractivity contribution in [2.24, 2.45) is 0 Å². The fraction of sp³-hybridized carbons (Fsp3) is 0.200. The second kappa shape index (κ2) is 6.31. The highest BCUT2D eigenvalue weighted by molar-refractivity contribution is 8.00. The van der Waals surface area contributed by atoms with E-state index in [0.29, 0.717) is 5.92 Å². The van der Waals surface area contributed by atoms with Crippen LogP contribution < -0.4 is 4.90 Å². The van der Waals surface area contributed by atoms with E-state index in [1.807, 2.05) is 0 Å². The SMILES string of the molecule is CN(C)c1ccc(C2C=CCSC23c2ccccc2-c2ccccc23)cc1. The summed E-state index contributed by atoms with van der Waals surface area (Å²) >= 11 is 2.07. The summed E-state index contributed by atoms with van der Waals surface area (Å²) in [6.45, 7) is 0. The minimum absolute atomic E-state index is 0.0401. The monoisotopic (exact) mass is 369 g/mol. The van der Waals surface area contributed by atoms with Crippen molar-refractivity contribution in [2.75, 3.05) is 24.7 Å². The molecule has 0 amide bonds. The number of allylic oxidation sites excluding steroid dienone is 1. The van der Waals surface area contributed by atoms with Crippen molar-refractivity contribution in [1.82, 2.24) is 0 Å². The summed E-state index contributed by atoms with van der Waals surface area (Å²) in [5.41, 5.74) is 8.34. The largest absolute Gasteiger partial charge is 0.378 e. The molecule has 0 fully saturated rings. The van der Waals surface area contributed by atoms with Crippen LogP contribution in [0.5, 0.6) is 0 Å². The number of fused-ring (bicyclic) bond motifs is 5. The molecule has 1 aliphatic heterocycles. The van der Waals surface area contributed by atoms with Crippen molar-refractivity contribution < 1.29 is 0 Å². The van der Waals surface area contributed by atoms with Gasteiger partial charge >= 0.3 is 0 Å². The molecule has 27 heavy (non-hydrogen) atoms. The Labute approximate surface area is 165 Å². The number of hydrogen-bond acceptors (Lipinski definition) is 2. The van der Waals surface area contributed by atoms with Crippen LogP contribution in [-0.4, -0.2) is 19.8 Å². The first-order chi connectivity index (χ1) is 13.2. The number of hydrogen-bond donors (Lipinski definition) is 0. The molecule has 0 N–H and O–H groups in total. The Morgan fingerprint density at radius 3 is 2.00 bits per heavy atom. The molecule has 0 aromatic heterocycles. The zero-order valence-corrected chi connectivity index (χ0v) is 16.5. The third kappa shape index (κ3) is 2.40. The number of benzene rings is 3. The van der Waals surface area contributed by atoms with Gasteiger partial charge in [-0.3, -0.25) is 0 Å². The molecule has 1 nitrogen and oxygen atoms in total. The van der Waals surface area contributed by atoms with Crippen molar-refractivity contribution in [1.29, 1.82) is 0 Å². The Hall–Kier alpha value is -2.45. The molecule has 5 rings (SSSR count). The van der Waals surface area contributed by atoms with Gasteiger partial charge in [-0.25, -0.2) is 0 Å². The van der Waals surface area contributed by atoms with Gasteiger partial charge in [-0.1, -0.05) is 72.8 Å². The first-order valence-electron chi connectivity index (χ1n) is 9.49. The van der Waals surface area contributed by atoms with Gasteiger partial charge in [0.1, 0.15) is 0 Å². The van der Waals surface area contributed by atoms with Gasteiger partial charge in [0.15, 0.2) is 0 Å². The van der Waals surface area contributed by atoms with Crippen molar-refractivity contribution in [3.63, 3.8) is 0 Å². The van der Waals surface area contributed by atoms with E-state index in [4.69, 9.17) is 0 Å². The van der Waals surface area contributed by atoms with E-state index in [1.165, 1.54) is 33.5 Å². The smallest absolute Gasteiger partial charge is 0.0775 e. The normalized spacial score (nSPS) is 19.0. The molecule has 1 aliphatic carbocycles. The Balaban J connectivity index is 1.73. The molecular formula is C25H23NS.